The third kappa shape index (κ3) is 6.88. The molecular formula is C28H20F3N3O3. The van der Waals surface area contributed by atoms with Gasteiger partial charge in [-0.1, -0.05) is 60.7 Å². The molecule has 186 valence electrons. The summed E-state index contributed by atoms with van der Waals surface area (Å²) in [7, 11) is 0. The smallest absolute Gasteiger partial charge is 0.416 e. The number of rotatable bonds is 7. The Labute approximate surface area is 210 Å². The van der Waals surface area contributed by atoms with Gasteiger partial charge in [-0.3, -0.25) is 4.79 Å². The van der Waals surface area contributed by atoms with Crippen LogP contribution in [-0.4, -0.2) is 29.7 Å². The molecule has 1 aromatic heterocycles. The highest BCUT2D eigenvalue weighted by Crippen LogP contribution is 2.31. The molecule has 9 heteroatoms. The summed E-state index contributed by atoms with van der Waals surface area (Å²) in [5.41, 5.74) is 0.816. The Morgan fingerprint density at radius 1 is 0.919 bits per heavy atom. The van der Waals surface area contributed by atoms with Gasteiger partial charge in [0.2, 0.25) is 0 Å². The van der Waals surface area contributed by atoms with E-state index in [1.54, 1.807) is 36.4 Å². The van der Waals surface area contributed by atoms with Gasteiger partial charge >= 0.3 is 12.1 Å². The second-order valence-corrected chi connectivity index (χ2v) is 7.78. The first-order valence-corrected chi connectivity index (χ1v) is 11.1. The van der Waals surface area contributed by atoms with E-state index in [0.717, 1.165) is 34.1 Å². The van der Waals surface area contributed by atoms with Crippen LogP contribution in [0.25, 0.3) is 17.0 Å². The number of para-hydroxylation sites is 1. The van der Waals surface area contributed by atoms with Gasteiger partial charge in [-0.05, 0) is 42.0 Å². The summed E-state index contributed by atoms with van der Waals surface area (Å²) in [5, 5.41) is 5.77. The molecule has 0 saturated carbocycles. The number of hydrazone groups is 1. The number of carbonyl (C=O) groups is 2. The fraction of sp³-hybridized carbons (Fsp3) is 0.0714. The minimum atomic E-state index is -4.61. The Hall–Kier alpha value is -4.79. The summed E-state index contributed by atoms with van der Waals surface area (Å²) >= 11 is 0. The van der Waals surface area contributed by atoms with Gasteiger partial charge in [0.1, 0.15) is 0 Å². The fourth-order valence-electron chi connectivity index (χ4n) is 3.32. The number of nitrogens with zero attached hydrogens (tertiary/aromatic N) is 3. The SMILES string of the molecule is O=C(/C=C/c1ccc2ccccc2n1)OCC(=O)N(/N=C\c1ccccc1)c1cccc(C(F)(F)F)c1. The predicted octanol–water partition coefficient (Wildman–Crippen LogP) is 5.88. The number of esters is 1. The second-order valence-electron chi connectivity index (χ2n) is 7.78. The average molecular weight is 503 g/mol. The third-order valence-corrected chi connectivity index (χ3v) is 5.12. The van der Waals surface area contributed by atoms with Crippen molar-refractivity contribution in [2.24, 2.45) is 5.10 Å². The normalized spacial score (nSPS) is 11.8. The van der Waals surface area contributed by atoms with Crippen LogP contribution in [0, 0.1) is 0 Å². The Bertz CT molecular complexity index is 1470. The van der Waals surface area contributed by atoms with Gasteiger partial charge in [0.25, 0.3) is 5.91 Å². The summed E-state index contributed by atoms with van der Waals surface area (Å²) in [4.78, 5) is 29.5. The van der Waals surface area contributed by atoms with Gasteiger partial charge < -0.3 is 4.74 Å². The van der Waals surface area contributed by atoms with E-state index in [1.807, 2.05) is 30.3 Å². The third-order valence-electron chi connectivity index (χ3n) is 5.12. The summed E-state index contributed by atoms with van der Waals surface area (Å²) in [6, 6.07) is 23.9. The number of ether oxygens (including phenoxy) is 1. The summed E-state index contributed by atoms with van der Waals surface area (Å²) in [5.74, 6) is -1.66. The summed E-state index contributed by atoms with van der Waals surface area (Å²) < 4.78 is 44.7. The lowest BCUT2D eigenvalue weighted by Gasteiger charge is -2.18. The molecular weight excluding hydrogens is 483 g/mol. The van der Waals surface area contributed by atoms with Crippen LogP contribution in [0.2, 0.25) is 0 Å². The number of pyridine rings is 1. The van der Waals surface area contributed by atoms with Crippen molar-refractivity contribution in [1.29, 1.82) is 0 Å². The molecule has 0 aliphatic rings. The zero-order valence-corrected chi connectivity index (χ0v) is 19.3. The van der Waals surface area contributed by atoms with Gasteiger partial charge in [-0.2, -0.15) is 23.3 Å². The van der Waals surface area contributed by atoms with Crippen molar-refractivity contribution in [2.75, 3.05) is 11.6 Å². The van der Waals surface area contributed by atoms with Crippen molar-refractivity contribution in [3.05, 3.63) is 114 Å². The molecule has 0 N–H and O–H groups in total. The molecule has 1 amide bonds. The summed E-state index contributed by atoms with van der Waals surface area (Å²) in [6.45, 7) is -0.739. The molecule has 0 unspecified atom stereocenters. The molecule has 0 atom stereocenters. The Morgan fingerprint density at radius 3 is 2.46 bits per heavy atom. The molecule has 0 saturated heterocycles. The van der Waals surface area contributed by atoms with Gasteiger partial charge in [0.05, 0.1) is 28.7 Å². The van der Waals surface area contributed by atoms with Gasteiger partial charge in [0, 0.05) is 11.5 Å². The highest BCUT2D eigenvalue weighted by molar-refractivity contribution is 5.97. The fourth-order valence-corrected chi connectivity index (χ4v) is 3.32. The molecule has 0 radical (unpaired) electrons. The van der Waals surface area contributed by atoms with Crippen LogP contribution in [-0.2, 0) is 20.5 Å². The van der Waals surface area contributed by atoms with E-state index in [9.17, 15) is 22.8 Å². The van der Waals surface area contributed by atoms with E-state index >= 15 is 0 Å². The number of hydrogen-bond donors (Lipinski definition) is 0. The van der Waals surface area contributed by atoms with Crippen LogP contribution < -0.4 is 5.01 Å². The Morgan fingerprint density at radius 2 is 1.68 bits per heavy atom. The van der Waals surface area contributed by atoms with Crippen molar-refractivity contribution in [3.63, 3.8) is 0 Å². The number of amides is 1. The Balaban J connectivity index is 1.48. The van der Waals surface area contributed by atoms with Crippen molar-refractivity contribution < 1.29 is 27.5 Å². The van der Waals surface area contributed by atoms with Gasteiger partial charge in [-0.15, -0.1) is 0 Å². The first kappa shape index (κ1) is 25.3. The average Bonchev–Trinajstić information content (AvgIpc) is 2.91. The van der Waals surface area contributed by atoms with Crippen molar-refractivity contribution in [3.8, 4) is 0 Å². The van der Waals surface area contributed by atoms with E-state index in [0.29, 0.717) is 11.3 Å². The number of hydrogen-bond acceptors (Lipinski definition) is 5. The first-order valence-electron chi connectivity index (χ1n) is 11.1. The maximum Gasteiger partial charge on any atom is 0.416 e. The maximum absolute atomic E-state index is 13.2. The molecule has 0 bridgehead atoms. The molecule has 4 rings (SSSR count). The zero-order valence-electron chi connectivity index (χ0n) is 19.3. The topological polar surface area (TPSA) is 71.9 Å². The summed E-state index contributed by atoms with van der Waals surface area (Å²) in [6.07, 6.45) is -0.725. The molecule has 0 aliphatic heterocycles. The number of carbonyl (C=O) groups excluding carboxylic acids is 2. The van der Waals surface area contributed by atoms with Crippen LogP contribution in [0.4, 0.5) is 18.9 Å². The van der Waals surface area contributed by atoms with Crippen molar-refractivity contribution in [1.82, 2.24) is 4.98 Å². The number of aromatic nitrogens is 1. The van der Waals surface area contributed by atoms with E-state index in [4.69, 9.17) is 4.74 Å². The van der Waals surface area contributed by atoms with E-state index < -0.39 is 30.2 Å². The van der Waals surface area contributed by atoms with E-state index in [2.05, 4.69) is 10.1 Å². The van der Waals surface area contributed by atoms with Gasteiger partial charge in [0.15, 0.2) is 6.61 Å². The standard InChI is InChI=1S/C28H20F3N3O3/c29-28(30,31)22-10-6-11-24(17-22)34(32-18-20-7-2-1-3-8-20)26(35)19-37-27(36)16-15-23-14-13-21-9-4-5-12-25(21)33-23/h1-18H,19H2/b16-15+,32-18-. The quantitative estimate of drug-likeness (QED) is 0.137. The molecule has 0 fully saturated rings. The van der Waals surface area contributed by atoms with E-state index in [1.165, 1.54) is 24.4 Å². The number of fused-ring (bicyclic) bond motifs is 1. The molecule has 1 heterocycles. The number of benzene rings is 3. The monoisotopic (exact) mass is 503 g/mol. The van der Waals surface area contributed by atoms with Crippen LogP contribution in [0.3, 0.4) is 0 Å². The van der Waals surface area contributed by atoms with Crippen molar-refractivity contribution >= 4 is 40.8 Å². The maximum atomic E-state index is 13.2. The minimum absolute atomic E-state index is 0.126. The molecule has 0 aliphatic carbocycles. The van der Waals surface area contributed by atoms with Crippen LogP contribution in [0.1, 0.15) is 16.8 Å². The molecule has 0 spiro atoms. The number of anilines is 1. The lowest BCUT2D eigenvalue weighted by Crippen LogP contribution is -2.30. The van der Waals surface area contributed by atoms with Gasteiger partial charge in [-0.25, -0.2) is 9.78 Å². The first-order chi connectivity index (χ1) is 17.8. The predicted molar refractivity (Wildman–Crippen MR) is 135 cm³/mol. The zero-order chi connectivity index (χ0) is 26.3. The highest BCUT2D eigenvalue weighted by Gasteiger charge is 2.31. The van der Waals surface area contributed by atoms with E-state index in [-0.39, 0.29) is 5.69 Å². The molecule has 4 aromatic rings. The molecule has 6 nitrogen and oxygen atoms in total. The van der Waals surface area contributed by atoms with Crippen LogP contribution in [0.5, 0.6) is 0 Å². The lowest BCUT2D eigenvalue weighted by atomic mass is 10.2. The Kier molecular flexibility index (Phi) is 7.73. The molecule has 37 heavy (non-hydrogen) atoms. The number of alkyl halides is 3. The number of halogens is 3. The van der Waals surface area contributed by atoms with Crippen LogP contribution in [0.15, 0.2) is 102 Å². The lowest BCUT2D eigenvalue weighted by molar-refractivity contribution is -0.142. The highest BCUT2D eigenvalue weighted by atomic mass is 19.4. The van der Waals surface area contributed by atoms with Crippen LogP contribution >= 0.6 is 0 Å². The minimum Gasteiger partial charge on any atom is -0.452 e. The second kappa shape index (κ2) is 11.3. The van der Waals surface area contributed by atoms with Crippen molar-refractivity contribution in [2.45, 2.75) is 6.18 Å². The molecule has 3 aromatic carbocycles. The largest absolute Gasteiger partial charge is 0.452 e.